The highest BCUT2D eigenvalue weighted by molar-refractivity contribution is 5.65. The van der Waals surface area contributed by atoms with E-state index in [9.17, 15) is 0 Å². The van der Waals surface area contributed by atoms with Crippen molar-refractivity contribution in [1.29, 1.82) is 0 Å². The van der Waals surface area contributed by atoms with Crippen molar-refractivity contribution in [3.05, 3.63) is 60.2 Å². The van der Waals surface area contributed by atoms with E-state index in [0.29, 0.717) is 6.54 Å². The number of nitrogens with zero attached hydrogens (tertiary/aromatic N) is 4. The van der Waals surface area contributed by atoms with Crippen molar-refractivity contribution in [2.24, 2.45) is 5.73 Å². The van der Waals surface area contributed by atoms with Crippen molar-refractivity contribution in [2.75, 3.05) is 0 Å². The third kappa shape index (κ3) is 2.19. The summed E-state index contributed by atoms with van der Waals surface area (Å²) in [5.74, 6) is 0.746. The van der Waals surface area contributed by atoms with Crippen molar-refractivity contribution in [2.45, 2.75) is 13.5 Å². The Hall–Kier alpha value is -2.53. The van der Waals surface area contributed by atoms with Gasteiger partial charge in [-0.1, -0.05) is 30.3 Å². The molecule has 2 N–H and O–H groups in total. The largest absolute Gasteiger partial charge is 0.326 e. The Morgan fingerprint density at radius 1 is 1.15 bits per heavy atom. The molecule has 5 nitrogen and oxygen atoms in total. The molecule has 20 heavy (non-hydrogen) atoms. The van der Waals surface area contributed by atoms with E-state index in [4.69, 9.17) is 5.73 Å². The summed E-state index contributed by atoms with van der Waals surface area (Å²) >= 11 is 0. The molecule has 2 aromatic heterocycles. The van der Waals surface area contributed by atoms with E-state index in [2.05, 4.69) is 15.1 Å². The predicted octanol–water partition coefficient (Wildman–Crippen LogP) is 2.10. The highest BCUT2D eigenvalue weighted by Gasteiger charge is 2.14. The van der Waals surface area contributed by atoms with Crippen LogP contribution in [0.25, 0.3) is 17.1 Å². The molecule has 0 aliphatic heterocycles. The van der Waals surface area contributed by atoms with E-state index in [1.165, 1.54) is 0 Å². The summed E-state index contributed by atoms with van der Waals surface area (Å²) in [6.45, 7) is 2.37. The van der Waals surface area contributed by atoms with Crippen LogP contribution < -0.4 is 5.73 Å². The van der Waals surface area contributed by atoms with Gasteiger partial charge in [-0.3, -0.25) is 0 Å². The molecule has 0 aliphatic carbocycles. The molecule has 0 unspecified atom stereocenters. The number of aromatic nitrogens is 4. The number of hydrogen-bond acceptors (Lipinski definition) is 4. The Kier molecular flexibility index (Phi) is 3.26. The zero-order valence-corrected chi connectivity index (χ0v) is 11.2. The Morgan fingerprint density at radius 3 is 2.65 bits per heavy atom. The fourth-order valence-corrected chi connectivity index (χ4v) is 2.17. The second-order valence-corrected chi connectivity index (χ2v) is 4.52. The molecule has 3 rings (SSSR count). The molecule has 0 bridgehead atoms. The molecular formula is C15H15N5. The van der Waals surface area contributed by atoms with Gasteiger partial charge in [0.05, 0.1) is 11.9 Å². The first-order valence-electron chi connectivity index (χ1n) is 6.41. The van der Waals surface area contributed by atoms with Crippen LogP contribution in [0.3, 0.4) is 0 Å². The van der Waals surface area contributed by atoms with E-state index in [-0.39, 0.29) is 0 Å². The fraction of sp³-hybridized carbons (Fsp3) is 0.133. The van der Waals surface area contributed by atoms with Crippen LogP contribution >= 0.6 is 0 Å². The summed E-state index contributed by atoms with van der Waals surface area (Å²) in [7, 11) is 0. The van der Waals surface area contributed by atoms with E-state index in [1.54, 1.807) is 12.5 Å². The Bertz CT molecular complexity index is 718. The molecule has 3 aromatic rings. The quantitative estimate of drug-likeness (QED) is 0.787. The van der Waals surface area contributed by atoms with Gasteiger partial charge in [0.1, 0.15) is 6.33 Å². The van der Waals surface area contributed by atoms with E-state index in [0.717, 1.165) is 28.3 Å². The minimum Gasteiger partial charge on any atom is -0.326 e. The van der Waals surface area contributed by atoms with Gasteiger partial charge in [-0.2, -0.15) is 5.10 Å². The smallest absolute Gasteiger partial charge is 0.157 e. The van der Waals surface area contributed by atoms with Gasteiger partial charge in [0.25, 0.3) is 0 Å². The highest BCUT2D eigenvalue weighted by Crippen LogP contribution is 2.25. The number of benzene rings is 1. The van der Waals surface area contributed by atoms with Crippen LogP contribution in [-0.4, -0.2) is 19.7 Å². The molecule has 0 saturated carbocycles. The molecule has 5 heteroatoms. The minimum absolute atomic E-state index is 0.439. The summed E-state index contributed by atoms with van der Waals surface area (Å²) in [6, 6.07) is 12.0. The zero-order chi connectivity index (χ0) is 13.9. The Balaban J connectivity index is 2.20. The van der Waals surface area contributed by atoms with Crippen molar-refractivity contribution in [3.8, 4) is 17.1 Å². The van der Waals surface area contributed by atoms with Gasteiger partial charge in [-0.05, 0) is 6.92 Å². The summed E-state index contributed by atoms with van der Waals surface area (Å²) in [5.41, 5.74) is 9.77. The van der Waals surface area contributed by atoms with Crippen LogP contribution in [0, 0.1) is 6.92 Å². The van der Waals surface area contributed by atoms with Crippen molar-refractivity contribution in [3.63, 3.8) is 0 Å². The third-order valence-corrected chi connectivity index (χ3v) is 3.12. The summed E-state index contributed by atoms with van der Waals surface area (Å²) < 4.78 is 1.81. The maximum Gasteiger partial charge on any atom is 0.157 e. The van der Waals surface area contributed by atoms with Gasteiger partial charge in [-0.25, -0.2) is 14.6 Å². The SMILES string of the molecule is Cc1cc(-n2ncc(CN)c2-c2ccccc2)ncn1. The normalized spacial score (nSPS) is 10.7. The molecule has 2 heterocycles. The van der Waals surface area contributed by atoms with Crippen molar-refractivity contribution >= 4 is 0 Å². The van der Waals surface area contributed by atoms with Crippen LogP contribution in [0.1, 0.15) is 11.3 Å². The summed E-state index contributed by atoms with van der Waals surface area (Å²) in [6.07, 6.45) is 3.34. The lowest BCUT2D eigenvalue weighted by molar-refractivity contribution is 0.841. The summed E-state index contributed by atoms with van der Waals surface area (Å²) in [4.78, 5) is 8.41. The van der Waals surface area contributed by atoms with E-state index in [1.807, 2.05) is 48.0 Å². The third-order valence-electron chi connectivity index (χ3n) is 3.12. The average molecular weight is 265 g/mol. The Morgan fingerprint density at radius 2 is 1.95 bits per heavy atom. The van der Waals surface area contributed by atoms with E-state index < -0.39 is 0 Å². The van der Waals surface area contributed by atoms with Gasteiger partial charge < -0.3 is 5.73 Å². The molecule has 1 aromatic carbocycles. The Labute approximate surface area is 117 Å². The standard InChI is InChI=1S/C15H15N5/c1-11-7-14(18-10-17-11)20-15(13(8-16)9-19-20)12-5-3-2-4-6-12/h2-7,9-10H,8,16H2,1H3. The lowest BCUT2D eigenvalue weighted by Crippen LogP contribution is -2.05. The molecule has 0 saturated heterocycles. The summed E-state index contributed by atoms with van der Waals surface area (Å²) in [5, 5.41) is 4.42. The number of aryl methyl sites for hydroxylation is 1. The van der Waals surface area contributed by atoms with Gasteiger partial charge in [0.15, 0.2) is 5.82 Å². The van der Waals surface area contributed by atoms with E-state index >= 15 is 0 Å². The van der Waals surface area contributed by atoms with Gasteiger partial charge in [0, 0.05) is 29.4 Å². The van der Waals surface area contributed by atoms with Crippen LogP contribution in [0.2, 0.25) is 0 Å². The molecular weight excluding hydrogens is 250 g/mol. The average Bonchev–Trinajstić information content (AvgIpc) is 2.92. The van der Waals surface area contributed by atoms with Crippen molar-refractivity contribution in [1.82, 2.24) is 19.7 Å². The maximum atomic E-state index is 5.82. The van der Waals surface area contributed by atoms with Crippen LogP contribution in [0.5, 0.6) is 0 Å². The molecule has 0 fully saturated rings. The van der Waals surface area contributed by atoms with Crippen LogP contribution in [0.4, 0.5) is 0 Å². The van der Waals surface area contributed by atoms with Gasteiger partial charge >= 0.3 is 0 Å². The fourth-order valence-electron chi connectivity index (χ4n) is 2.17. The topological polar surface area (TPSA) is 69.6 Å². The molecule has 0 aliphatic rings. The first-order valence-corrected chi connectivity index (χ1v) is 6.41. The lowest BCUT2D eigenvalue weighted by Gasteiger charge is -2.09. The number of rotatable bonds is 3. The van der Waals surface area contributed by atoms with Gasteiger partial charge in [0.2, 0.25) is 0 Å². The second kappa shape index (κ2) is 5.22. The molecule has 0 spiro atoms. The first-order chi connectivity index (χ1) is 9.79. The molecule has 0 atom stereocenters. The molecule has 100 valence electrons. The van der Waals surface area contributed by atoms with Crippen molar-refractivity contribution < 1.29 is 0 Å². The zero-order valence-electron chi connectivity index (χ0n) is 11.2. The van der Waals surface area contributed by atoms with Crippen LogP contribution in [0.15, 0.2) is 48.9 Å². The minimum atomic E-state index is 0.439. The maximum absolute atomic E-state index is 5.82. The molecule has 0 radical (unpaired) electrons. The van der Waals surface area contributed by atoms with Crippen LogP contribution in [-0.2, 0) is 6.54 Å². The second-order valence-electron chi connectivity index (χ2n) is 4.52. The number of hydrogen-bond donors (Lipinski definition) is 1. The monoisotopic (exact) mass is 265 g/mol. The predicted molar refractivity (Wildman–Crippen MR) is 77.2 cm³/mol. The number of nitrogens with two attached hydrogens (primary N) is 1. The van der Waals surface area contributed by atoms with Gasteiger partial charge in [-0.15, -0.1) is 0 Å². The highest BCUT2D eigenvalue weighted by atomic mass is 15.3. The molecule has 0 amide bonds. The first kappa shape index (κ1) is 12.5. The lowest BCUT2D eigenvalue weighted by atomic mass is 10.1.